The summed E-state index contributed by atoms with van der Waals surface area (Å²) in [4.78, 5) is 20.5. The van der Waals surface area contributed by atoms with E-state index in [0.29, 0.717) is 19.6 Å². The van der Waals surface area contributed by atoms with Crippen molar-refractivity contribution < 1.29 is 14.3 Å². The van der Waals surface area contributed by atoms with Crippen molar-refractivity contribution in [1.82, 2.24) is 20.4 Å². The molecule has 1 heterocycles. The Morgan fingerprint density at radius 1 is 1.10 bits per heavy atom. The van der Waals surface area contributed by atoms with Crippen molar-refractivity contribution >= 4 is 12.1 Å². The highest BCUT2D eigenvalue weighted by molar-refractivity contribution is 5.79. The van der Waals surface area contributed by atoms with E-state index in [9.17, 15) is 4.79 Å². The van der Waals surface area contributed by atoms with Crippen molar-refractivity contribution in [3.63, 3.8) is 0 Å². The lowest BCUT2D eigenvalue weighted by atomic mass is 10.2. The number of nitrogens with one attached hydrogen (secondary N) is 2. The zero-order valence-electron chi connectivity index (χ0n) is 18.3. The monoisotopic (exact) mass is 405 g/mol. The van der Waals surface area contributed by atoms with Crippen molar-refractivity contribution in [2.24, 2.45) is 4.99 Å². The van der Waals surface area contributed by atoms with Gasteiger partial charge in [-0.15, -0.1) is 0 Å². The molecule has 2 rings (SSSR count). The van der Waals surface area contributed by atoms with Gasteiger partial charge in [-0.3, -0.25) is 9.89 Å². The number of aliphatic imine (C=N–C) groups is 1. The van der Waals surface area contributed by atoms with Gasteiger partial charge in [-0.05, 0) is 38.5 Å². The molecule has 1 fully saturated rings. The molecule has 0 unspecified atom stereocenters. The summed E-state index contributed by atoms with van der Waals surface area (Å²) < 4.78 is 10.6. The number of benzene rings is 1. The molecule has 0 radical (unpaired) electrons. The highest BCUT2D eigenvalue weighted by atomic mass is 16.6. The summed E-state index contributed by atoms with van der Waals surface area (Å²) in [7, 11) is 3.43. The first-order valence-electron chi connectivity index (χ1n) is 10.1. The fourth-order valence-electron chi connectivity index (χ4n) is 2.96. The van der Waals surface area contributed by atoms with Gasteiger partial charge >= 0.3 is 6.09 Å². The van der Waals surface area contributed by atoms with Gasteiger partial charge in [-0.25, -0.2) is 4.79 Å². The predicted molar refractivity (Wildman–Crippen MR) is 115 cm³/mol. The molecule has 1 amide bonds. The van der Waals surface area contributed by atoms with E-state index in [-0.39, 0.29) is 6.09 Å². The fraction of sp³-hybridized carbons (Fsp3) is 0.619. The lowest BCUT2D eigenvalue weighted by Crippen LogP contribution is -2.51. The average molecular weight is 406 g/mol. The normalized spacial score (nSPS) is 15.8. The summed E-state index contributed by atoms with van der Waals surface area (Å²) in [5.41, 5.74) is 0.708. The number of carbonyl (C=O) groups is 1. The molecule has 0 aromatic heterocycles. The molecule has 0 bridgehead atoms. The molecular weight excluding hydrogens is 370 g/mol. The van der Waals surface area contributed by atoms with E-state index in [1.165, 1.54) is 0 Å². The number of guanidine groups is 1. The summed E-state index contributed by atoms with van der Waals surface area (Å²) >= 11 is 0. The molecular formula is C21H35N5O3. The number of ether oxygens (including phenoxy) is 2. The minimum Gasteiger partial charge on any atom is -0.497 e. The molecule has 0 aliphatic carbocycles. The van der Waals surface area contributed by atoms with Crippen LogP contribution < -0.4 is 15.4 Å². The summed E-state index contributed by atoms with van der Waals surface area (Å²) in [5.74, 6) is 1.62. The lowest BCUT2D eigenvalue weighted by Gasteiger charge is -2.35. The minimum absolute atomic E-state index is 0.224. The smallest absolute Gasteiger partial charge is 0.410 e. The third kappa shape index (κ3) is 8.19. The highest BCUT2D eigenvalue weighted by Crippen LogP contribution is 2.12. The topological polar surface area (TPSA) is 78.4 Å². The van der Waals surface area contributed by atoms with Crippen molar-refractivity contribution in [2.75, 3.05) is 53.4 Å². The zero-order valence-corrected chi connectivity index (χ0v) is 18.3. The molecule has 1 aromatic carbocycles. The molecule has 1 aliphatic heterocycles. The van der Waals surface area contributed by atoms with Crippen LogP contribution in [0.5, 0.6) is 5.75 Å². The van der Waals surface area contributed by atoms with Crippen LogP contribution in [0.15, 0.2) is 29.3 Å². The van der Waals surface area contributed by atoms with Gasteiger partial charge in [-0.2, -0.15) is 0 Å². The van der Waals surface area contributed by atoms with Crippen molar-refractivity contribution in [3.05, 3.63) is 29.8 Å². The number of nitrogens with zero attached hydrogens (tertiary/aromatic N) is 3. The first kappa shape index (κ1) is 22.8. The van der Waals surface area contributed by atoms with Gasteiger partial charge in [0.25, 0.3) is 0 Å². The van der Waals surface area contributed by atoms with E-state index in [1.807, 2.05) is 45.0 Å². The number of methoxy groups -OCH3 is 1. The van der Waals surface area contributed by atoms with Gasteiger partial charge in [0.05, 0.1) is 7.11 Å². The Labute approximate surface area is 174 Å². The molecule has 1 aliphatic rings. The third-order valence-corrected chi connectivity index (χ3v) is 4.59. The summed E-state index contributed by atoms with van der Waals surface area (Å²) in [6.07, 6.45) is -0.224. The van der Waals surface area contributed by atoms with E-state index in [4.69, 9.17) is 9.47 Å². The van der Waals surface area contributed by atoms with E-state index in [2.05, 4.69) is 20.5 Å². The number of amides is 1. The predicted octanol–water partition coefficient (Wildman–Crippen LogP) is 1.91. The van der Waals surface area contributed by atoms with Gasteiger partial charge in [-0.1, -0.05) is 12.1 Å². The average Bonchev–Trinajstić information content (AvgIpc) is 2.70. The maximum Gasteiger partial charge on any atom is 0.410 e. The van der Waals surface area contributed by atoms with Gasteiger partial charge in [0.2, 0.25) is 0 Å². The van der Waals surface area contributed by atoms with E-state index < -0.39 is 5.60 Å². The van der Waals surface area contributed by atoms with Crippen molar-refractivity contribution in [2.45, 2.75) is 32.9 Å². The largest absolute Gasteiger partial charge is 0.497 e. The van der Waals surface area contributed by atoms with Crippen LogP contribution in [0.2, 0.25) is 0 Å². The zero-order chi connectivity index (χ0) is 21.3. The molecule has 1 aromatic rings. The molecule has 162 valence electrons. The Hall–Kier alpha value is -2.48. The van der Waals surface area contributed by atoms with Gasteiger partial charge < -0.3 is 25.0 Å². The van der Waals surface area contributed by atoms with Crippen LogP contribution in [0.25, 0.3) is 0 Å². The van der Waals surface area contributed by atoms with Crippen molar-refractivity contribution in [1.29, 1.82) is 0 Å². The van der Waals surface area contributed by atoms with Crippen LogP contribution in [0.4, 0.5) is 4.79 Å². The summed E-state index contributed by atoms with van der Waals surface area (Å²) in [5, 5.41) is 6.66. The second kappa shape index (κ2) is 10.9. The first-order chi connectivity index (χ1) is 13.8. The summed E-state index contributed by atoms with van der Waals surface area (Å²) in [6.45, 7) is 11.1. The quantitative estimate of drug-likeness (QED) is 0.556. The third-order valence-electron chi connectivity index (χ3n) is 4.59. The van der Waals surface area contributed by atoms with Crippen LogP contribution in [-0.4, -0.2) is 80.9 Å². The molecule has 8 heteroatoms. The van der Waals surface area contributed by atoms with Crippen molar-refractivity contribution in [3.8, 4) is 5.75 Å². The molecule has 8 nitrogen and oxygen atoms in total. The van der Waals surface area contributed by atoms with Crippen LogP contribution in [-0.2, 0) is 11.3 Å². The van der Waals surface area contributed by atoms with Crippen LogP contribution in [0, 0.1) is 0 Å². The van der Waals surface area contributed by atoms with E-state index in [1.54, 1.807) is 19.1 Å². The first-order valence-corrected chi connectivity index (χ1v) is 10.1. The fourth-order valence-corrected chi connectivity index (χ4v) is 2.96. The number of rotatable bonds is 6. The Kier molecular flexibility index (Phi) is 8.57. The van der Waals surface area contributed by atoms with Gasteiger partial charge in [0, 0.05) is 52.9 Å². The van der Waals surface area contributed by atoms with E-state index in [0.717, 1.165) is 43.5 Å². The molecule has 0 atom stereocenters. The molecule has 0 saturated carbocycles. The van der Waals surface area contributed by atoms with Crippen LogP contribution in [0.1, 0.15) is 26.3 Å². The highest BCUT2D eigenvalue weighted by Gasteiger charge is 2.25. The Balaban J connectivity index is 1.65. The second-order valence-corrected chi connectivity index (χ2v) is 8.01. The van der Waals surface area contributed by atoms with E-state index >= 15 is 0 Å². The SMILES string of the molecule is CN=C(NCCN1CCN(C(=O)OC(C)(C)C)CC1)NCc1ccc(OC)cc1. The lowest BCUT2D eigenvalue weighted by molar-refractivity contribution is 0.0147. The molecule has 0 spiro atoms. The molecule has 1 saturated heterocycles. The Bertz CT molecular complexity index is 662. The standard InChI is InChI=1S/C21H35N5O3/c1-21(2,3)29-20(27)26-14-12-25(13-15-26)11-10-23-19(22-4)24-16-17-6-8-18(28-5)9-7-17/h6-9H,10-16H2,1-5H3,(H2,22,23,24). The minimum atomic E-state index is -0.452. The maximum absolute atomic E-state index is 12.1. The number of hydrogen-bond donors (Lipinski definition) is 2. The van der Waals surface area contributed by atoms with Gasteiger partial charge in [0.15, 0.2) is 5.96 Å². The Morgan fingerprint density at radius 3 is 2.31 bits per heavy atom. The Morgan fingerprint density at radius 2 is 1.76 bits per heavy atom. The second-order valence-electron chi connectivity index (χ2n) is 8.01. The van der Waals surface area contributed by atoms with Gasteiger partial charge in [0.1, 0.15) is 11.4 Å². The molecule has 2 N–H and O–H groups in total. The number of hydrogen-bond acceptors (Lipinski definition) is 5. The maximum atomic E-state index is 12.1. The molecule has 29 heavy (non-hydrogen) atoms. The summed E-state index contributed by atoms with van der Waals surface area (Å²) in [6, 6.07) is 7.96. The van der Waals surface area contributed by atoms with Crippen LogP contribution >= 0.6 is 0 Å². The number of carbonyl (C=O) groups excluding carboxylic acids is 1. The van der Waals surface area contributed by atoms with Crippen LogP contribution in [0.3, 0.4) is 0 Å². The number of piperazine rings is 1.